The first-order valence-corrected chi connectivity index (χ1v) is 16.5. The number of allylic oxidation sites excluding steroid dienone is 2. The minimum atomic E-state index is 0.00588. The number of nitrogens with one attached hydrogen (secondary N) is 2. The monoisotopic (exact) mass is 767 g/mol. The number of aromatic nitrogens is 1. The first kappa shape index (κ1) is 42.6. The van der Waals surface area contributed by atoms with Crippen molar-refractivity contribution in [2.75, 3.05) is 52.3 Å². The van der Waals surface area contributed by atoms with Crippen LogP contribution < -0.4 is 10.6 Å². The number of likely N-dealkylation sites (N-methyl/N-ethyl adjacent to an activating group) is 1. The number of pyridine rings is 1. The number of aliphatic imine (C=N–C) groups is 1. The first-order chi connectivity index (χ1) is 19.2. The van der Waals surface area contributed by atoms with E-state index in [2.05, 4.69) is 45.0 Å². The van der Waals surface area contributed by atoms with Gasteiger partial charge in [-0.25, -0.2) is 0 Å². The molecule has 13 heteroatoms. The van der Waals surface area contributed by atoms with Crippen molar-refractivity contribution in [1.29, 1.82) is 0 Å². The van der Waals surface area contributed by atoms with E-state index in [1.165, 1.54) is 13.8 Å². The predicted molar refractivity (Wildman–Crippen MR) is 166 cm³/mol. The van der Waals surface area contributed by atoms with E-state index in [-0.39, 0.29) is 17.9 Å². The summed E-state index contributed by atoms with van der Waals surface area (Å²) < 4.78 is 8.33. The Morgan fingerprint density at radius 1 is 1.23 bits per heavy atom. The van der Waals surface area contributed by atoms with Gasteiger partial charge in [-0.1, -0.05) is 40.7 Å². The van der Waals surface area contributed by atoms with Gasteiger partial charge in [0, 0.05) is 82.6 Å². The van der Waals surface area contributed by atoms with Crippen molar-refractivity contribution >= 4 is 45.5 Å². The fourth-order valence-electron chi connectivity index (χ4n) is 2.51. The molecule has 40 heavy (non-hydrogen) atoms. The van der Waals surface area contributed by atoms with Crippen LogP contribution in [0.15, 0.2) is 41.5 Å². The van der Waals surface area contributed by atoms with Gasteiger partial charge in [-0.2, -0.15) is 7.05 Å². The van der Waals surface area contributed by atoms with E-state index >= 15 is 0 Å². The zero-order chi connectivity index (χ0) is 31.0. The number of amides is 3. The van der Waals surface area contributed by atoms with Crippen LogP contribution >= 0.6 is 21.6 Å². The van der Waals surface area contributed by atoms with Gasteiger partial charge in [0.2, 0.25) is 18.2 Å². The molecule has 0 aliphatic heterocycles. The fourth-order valence-corrected chi connectivity index (χ4v) is 4.70. The molecule has 228 valence electrons. The van der Waals surface area contributed by atoms with Crippen molar-refractivity contribution in [3.63, 3.8) is 0 Å². The van der Waals surface area contributed by atoms with Crippen molar-refractivity contribution < 1.29 is 37.6 Å². The molecule has 1 aromatic rings. The topological polar surface area (TPSA) is 135 Å². The molecule has 0 radical (unpaired) electrons. The Balaban J connectivity index is -0.000000503. The van der Waals surface area contributed by atoms with Crippen LogP contribution in [0.25, 0.3) is 5.32 Å². The van der Waals surface area contributed by atoms with E-state index < -0.39 is 0 Å². The molecular formula is C27H47N6O4S2W-. The third-order valence-electron chi connectivity index (χ3n) is 4.46. The molecule has 0 spiro atoms. The van der Waals surface area contributed by atoms with Crippen LogP contribution in [0.3, 0.4) is 0 Å². The fraction of sp³-hybridized carbons (Fsp3) is 0.593. The molecule has 0 fully saturated rings. The average Bonchev–Trinajstić information content (AvgIpc) is 2.95. The van der Waals surface area contributed by atoms with Crippen molar-refractivity contribution in [2.45, 2.75) is 53.0 Å². The molecule has 1 unspecified atom stereocenters. The summed E-state index contributed by atoms with van der Waals surface area (Å²) >= 11 is 0.333. The second kappa shape index (κ2) is 33.3. The van der Waals surface area contributed by atoms with Crippen molar-refractivity contribution in [3.8, 4) is 0 Å². The molecule has 1 aromatic heterocycles. The molecular weight excluding hydrogens is 720 g/mol. The Morgan fingerprint density at radius 2 is 1.93 bits per heavy atom. The number of carbonyl (C=O) groups is 3. The Hall–Kier alpha value is -1.88. The average molecular weight is 768 g/mol. The maximum absolute atomic E-state index is 10.7. The second-order valence-electron chi connectivity index (χ2n) is 8.16. The van der Waals surface area contributed by atoms with Gasteiger partial charge in [-0.15, -0.1) is 6.54 Å². The van der Waals surface area contributed by atoms with Gasteiger partial charge < -0.3 is 20.9 Å². The summed E-state index contributed by atoms with van der Waals surface area (Å²) in [5.41, 5.74) is 2.16. The number of rotatable bonds is 16. The summed E-state index contributed by atoms with van der Waals surface area (Å²) in [5, 5.41) is 9.55. The first-order valence-electron chi connectivity index (χ1n) is 12.9. The van der Waals surface area contributed by atoms with Crippen LogP contribution in [0, 0.1) is 0 Å². The standard InChI is InChI=1S/C9H18N2O2S2.C9H12N2O.C9H17N2.O.W/c1-7(11-9(3)13)6-15-14-5-4-10-8(2)12;1-11(8-12)7-5-9-4-2-3-6-10-9;1-4-5-6-9(11-3)7-8-10-2;;/h7H,4-6H2,1-3H3,(H,10,12)(H,11,13);2-4,6,8H,5,7H2,1H3;5-6H,4,7-8H2,1-3H3;;/q;;-1;;/b;;6-5-,11-9?;;. The third kappa shape index (κ3) is 34.1. The van der Waals surface area contributed by atoms with Crippen molar-refractivity contribution in [3.05, 3.63) is 47.6 Å². The Morgan fingerprint density at radius 3 is 2.42 bits per heavy atom. The van der Waals surface area contributed by atoms with Gasteiger partial charge in [0.1, 0.15) is 0 Å². The number of hydrogen-bond acceptors (Lipinski definition) is 8. The quantitative estimate of drug-likeness (QED) is 0.112. The summed E-state index contributed by atoms with van der Waals surface area (Å²) in [6.07, 6.45) is 9.63. The van der Waals surface area contributed by atoms with Gasteiger partial charge in [0.05, 0.1) is 0 Å². The summed E-state index contributed by atoms with van der Waals surface area (Å²) in [4.78, 5) is 41.3. The van der Waals surface area contributed by atoms with E-state index in [1.54, 1.807) is 39.7 Å². The van der Waals surface area contributed by atoms with Crippen LogP contribution in [0.4, 0.5) is 0 Å². The number of carbonyl (C=O) groups excluding carboxylic acids is 3. The normalized spacial score (nSPS) is 10.9. The molecule has 0 bridgehead atoms. The predicted octanol–water partition coefficient (Wildman–Crippen LogP) is 4.04. The molecule has 10 nitrogen and oxygen atoms in total. The summed E-state index contributed by atoms with van der Waals surface area (Å²) in [7, 11) is 8.82. The van der Waals surface area contributed by atoms with Crippen molar-refractivity contribution in [2.24, 2.45) is 4.99 Å². The molecule has 1 atom stereocenters. The molecule has 0 aromatic carbocycles. The van der Waals surface area contributed by atoms with E-state index in [1.807, 2.05) is 39.2 Å². The molecule has 3 amide bonds. The van der Waals surface area contributed by atoms with E-state index in [9.17, 15) is 14.4 Å². The zero-order valence-electron chi connectivity index (χ0n) is 24.9. The number of hydrogen-bond donors (Lipinski definition) is 2. The van der Waals surface area contributed by atoms with E-state index in [4.69, 9.17) is 3.40 Å². The van der Waals surface area contributed by atoms with Crippen LogP contribution in [-0.2, 0) is 44.0 Å². The Bertz CT molecular complexity index is 819. The molecule has 1 rings (SSSR count). The molecule has 0 saturated heterocycles. The van der Waals surface area contributed by atoms with Gasteiger partial charge in [0.25, 0.3) is 0 Å². The van der Waals surface area contributed by atoms with Gasteiger partial charge in [-0.3, -0.25) is 24.4 Å². The Kier molecular flexibility index (Phi) is 35.5. The Labute approximate surface area is 260 Å². The third-order valence-corrected chi connectivity index (χ3v) is 7.04. The van der Waals surface area contributed by atoms with Gasteiger partial charge in [0.15, 0.2) is 0 Å². The molecule has 0 aliphatic carbocycles. The maximum atomic E-state index is 10.7. The summed E-state index contributed by atoms with van der Waals surface area (Å²) in [6, 6.07) is 5.98. The van der Waals surface area contributed by atoms with Crippen LogP contribution in [0.5, 0.6) is 0 Å². The van der Waals surface area contributed by atoms with E-state index in [0.29, 0.717) is 26.3 Å². The summed E-state index contributed by atoms with van der Waals surface area (Å²) in [6.45, 7) is 9.42. The molecule has 0 saturated carbocycles. The molecule has 0 aliphatic rings. The SMILES string of the molecule is CC(=O)NCCSSCC(C)NC(C)=O.CC/C=C\C(CC[N-]C)=NC.CN(C=O)CCc1ccccn1.[O]=[W]. The van der Waals surface area contributed by atoms with Crippen LogP contribution in [0.2, 0.25) is 0 Å². The van der Waals surface area contributed by atoms with Gasteiger partial charge in [-0.05, 0) is 38.0 Å². The van der Waals surface area contributed by atoms with Crippen LogP contribution in [-0.4, -0.2) is 92.1 Å². The second-order valence-corrected chi connectivity index (χ2v) is 10.8. The molecule has 1 heterocycles. The molecule has 2 N–H and O–H groups in total. The van der Waals surface area contributed by atoms with E-state index in [0.717, 1.165) is 61.7 Å². The minimum absolute atomic E-state index is 0.00588. The summed E-state index contributed by atoms with van der Waals surface area (Å²) in [5.74, 6) is 1.78. The zero-order valence-corrected chi connectivity index (χ0v) is 29.5. The van der Waals surface area contributed by atoms with Crippen LogP contribution in [0.1, 0.15) is 46.2 Å². The van der Waals surface area contributed by atoms with Crippen molar-refractivity contribution in [1.82, 2.24) is 20.5 Å². The van der Waals surface area contributed by atoms with Gasteiger partial charge >= 0.3 is 23.2 Å². The number of nitrogens with zero attached hydrogens (tertiary/aromatic N) is 4.